The molecule has 0 bridgehead atoms. The summed E-state index contributed by atoms with van der Waals surface area (Å²) in [5, 5.41) is 6.63. The first-order valence-electron chi connectivity index (χ1n) is 10.1. The first-order valence-corrected chi connectivity index (χ1v) is 10.1. The molecule has 1 amide bonds. The summed E-state index contributed by atoms with van der Waals surface area (Å²) in [6.07, 6.45) is -2.70. The van der Waals surface area contributed by atoms with E-state index in [1.54, 1.807) is 13.8 Å². The topological polar surface area (TPSA) is 46.9 Å². The highest BCUT2D eigenvalue weighted by Gasteiger charge is 2.34. The van der Waals surface area contributed by atoms with Crippen LogP contribution in [0.3, 0.4) is 0 Å². The number of amides is 1. The van der Waals surface area contributed by atoms with E-state index in [4.69, 9.17) is 0 Å². The van der Waals surface area contributed by atoms with Gasteiger partial charge in [-0.1, -0.05) is 52.0 Å². The van der Waals surface area contributed by atoms with E-state index in [1.807, 2.05) is 19.1 Å². The van der Waals surface area contributed by atoms with Crippen LogP contribution in [0.5, 0.6) is 0 Å². The maximum atomic E-state index is 12.8. The fourth-order valence-corrected chi connectivity index (χ4v) is 3.20. The van der Waals surface area contributed by atoms with Crippen molar-refractivity contribution in [3.63, 3.8) is 0 Å². The Morgan fingerprint density at radius 2 is 1.69 bits per heavy atom. The molecule has 29 heavy (non-hydrogen) atoms. The van der Waals surface area contributed by atoms with Gasteiger partial charge in [-0.05, 0) is 42.9 Å². The number of alkyl halides is 3. The third-order valence-electron chi connectivity index (χ3n) is 5.41. The molecule has 1 N–H and O–H groups in total. The Morgan fingerprint density at radius 3 is 2.17 bits per heavy atom. The molecule has 1 heterocycles. The van der Waals surface area contributed by atoms with Gasteiger partial charge in [0.2, 0.25) is 5.91 Å². The first kappa shape index (κ1) is 23.0. The minimum absolute atomic E-state index is 0.0944. The Hall–Kier alpha value is -2.31. The summed E-state index contributed by atoms with van der Waals surface area (Å²) in [5.74, 6) is -0.230. The van der Waals surface area contributed by atoms with Gasteiger partial charge in [-0.25, -0.2) is 0 Å². The molecular weight excluding hydrogens is 379 g/mol. The van der Waals surface area contributed by atoms with Crippen molar-refractivity contribution in [1.29, 1.82) is 0 Å². The molecule has 1 aromatic carbocycles. The molecule has 1 aromatic heterocycles. The maximum Gasteiger partial charge on any atom is 0.435 e. The van der Waals surface area contributed by atoms with E-state index >= 15 is 0 Å². The second-order valence-corrected chi connectivity index (χ2v) is 7.70. The standard InChI is InChI=1S/C22H30F3N3O/c1-6-14(3)17-8-10-18(11-9-17)19(7-2)26-21(29)15(4)13-28-16(5)12-20(27-28)22(23,24)25/h8-12,14-15,19H,6-7,13H2,1-5H3,(H,26,29). The number of aryl methyl sites for hydroxylation is 1. The molecule has 0 saturated carbocycles. The van der Waals surface area contributed by atoms with Crippen LogP contribution < -0.4 is 5.32 Å². The zero-order valence-corrected chi connectivity index (χ0v) is 17.7. The molecule has 0 radical (unpaired) electrons. The normalized spacial score (nSPS) is 15.0. The Bertz CT molecular complexity index is 812. The quantitative estimate of drug-likeness (QED) is 0.614. The molecule has 0 fully saturated rings. The average molecular weight is 409 g/mol. The first-order chi connectivity index (χ1) is 13.6. The van der Waals surface area contributed by atoms with Crippen molar-refractivity contribution >= 4 is 5.91 Å². The van der Waals surface area contributed by atoms with Gasteiger partial charge < -0.3 is 5.32 Å². The van der Waals surface area contributed by atoms with Crippen LogP contribution in [0, 0.1) is 12.8 Å². The number of benzene rings is 1. The average Bonchev–Trinajstić information content (AvgIpc) is 3.06. The third-order valence-corrected chi connectivity index (χ3v) is 5.41. The molecule has 0 saturated heterocycles. The molecule has 2 rings (SSSR count). The van der Waals surface area contributed by atoms with Crippen LogP contribution in [0.1, 0.15) is 75.0 Å². The van der Waals surface area contributed by atoms with Gasteiger partial charge in [-0.15, -0.1) is 0 Å². The van der Waals surface area contributed by atoms with Crippen LogP contribution in [0.25, 0.3) is 0 Å². The van der Waals surface area contributed by atoms with Crippen LogP contribution in [-0.2, 0) is 17.5 Å². The summed E-state index contributed by atoms with van der Waals surface area (Å²) in [7, 11) is 0. The highest BCUT2D eigenvalue weighted by Crippen LogP contribution is 2.28. The highest BCUT2D eigenvalue weighted by molar-refractivity contribution is 5.78. The van der Waals surface area contributed by atoms with Gasteiger partial charge in [0.15, 0.2) is 5.69 Å². The summed E-state index contributed by atoms with van der Waals surface area (Å²) in [6, 6.07) is 9.11. The summed E-state index contributed by atoms with van der Waals surface area (Å²) >= 11 is 0. The zero-order chi connectivity index (χ0) is 21.8. The third kappa shape index (κ3) is 5.84. The van der Waals surface area contributed by atoms with Crippen molar-refractivity contribution in [3.05, 3.63) is 52.8 Å². The Kier molecular flexibility index (Phi) is 7.49. The molecule has 0 aliphatic rings. The second kappa shape index (κ2) is 9.46. The van der Waals surface area contributed by atoms with E-state index in [0.717, 1.165) is 24.5 Å². The largest absolute Gasteiger partial charge is 0.435 e. The lowest BCUT2D eigenvalue weighted by molar-refractivity contribution is -0.141. The monoisotopic (exact) mass is 409 g/mol. The van der Waals surface area contributed by atoms with Crippen molar-refractivity contribution in [2.24, 2.45) is 5.92 Å². The van der Waals surface area contributed by atoms with Gasteiger partial charge in [-0.2, -0.15) is 18.3 Å². The predicted molar refractivity (Wildman–Crippen MR) is 107 cm³/mol. The fraction of sp³-hybridized carbons (Fsp3) is 0.545. The van der Waals surface area contributed by atoms with E-state index in [0.29, 0.717) is 11.6 Å². The van der Waals surface area contributed by atoms with Gasteiger partial charge in [0, 0.05) is 5.69 Å². The Labute approximate surface area is 170 Å². The van der Waals surface area contributed by atoms with Crippen LogP contribution in [0.4, 0.5) is 13.2 Å². The van der Waals surface area contributed by atoms with E-state index < -0.39 is 17.8 Å². The lowest BCUT2D eigenvalue weighted by atomic mass is 9.95. The van der Waals surface area contributed by atoms with Crippen molar-refractivity contribution in [1.82, 2.24) is 15.1 Å². The second-order valence-electron chi connectivity index (χ2n) is 7.70. The van der Waals surface area contributed by atoms with Gasteiger partial charge in [0.1, 0.15) is 0 Å². The minimum atomic E-state index is -4.49. The summed E-state index contributed by atoms with van der Waals surface area (Å²) in [4.78, 5) is 12.7. The van der Waals surface area contributed by atoms with Gasteiger partial charge in [0.25, 0.3) is 0 Å². The lowest BCUT2D eigenvalue weighted by Gasteiger charge is -2.21. The summed E-state index contributed by atoms with van der Waals surface area (Å²) in [6.45, 7) is 9.66. The molecule has 0 aliphatic carbocycles. The van der Waals surface area contributed by atoms with E-state index in [-0.39, 0.29) is 18.5 Å². The van der Waals surface area contributed by atoms with E-state index in [1.165, 1.54) is 10.2 Å². The summed E-state index contributed by atoms with van der Waals surface area (Å²) in [5.41, 5.74) is 1.73. The number of halogens is 3. The van der Waals surface area contributed by atoms with Crippen molar-refractivity contribution in [3.8, 4) is 0 Å². The number of hydrogen-bond acceptors (Lipinski definition) is 2. The van der Waals surface area contributed by atoms with E-state index in [2.05, 4.69) is 36.4 Å². The molecule has 0 aliphatic heterocycles. The van der Waals surface area contributed by atoms with Crippen LogP contribution in [-0.4, -0.2) is 15.7 Å². The zero-order valence-electron chi connectivity index (χ0n) is 17.7. The van der Waals surface area contributed by atoms with Gasteiger partial charge >= 0.3 is 6.18 Å². The smallest absolute Gasteiger partial charge is 0.349 e. The van der Waals surface area contributed by atoms with Crippen LogP contribution in [0.15, 0.2) is 30.3 Å². The number of nitrogens with zero attached hydrogens (tertiary/aromatic N) is 2. The molecule has 3 unspecified atom stereocenters. The SMILES string of the molecule is CCC(C)c1ccc(C(CC)NC(=O)C(C)Cn2nc(C(F)(F)F)cc2C)cc1. The summed E-state index contributed by atoms with van der Waals surface area (Å²) < 4.78 is 39.7. The lowest BCUT2D eigenvalue weighted by Crippen LogP contribution is -2.34. The number of aromatic nitrogens is 2. The number of carbonyl (C=O) groups is 1. The molecule has 7 heteroatoms. The van der Waals surface area contributed by atoms with Crippen LogP contribution in [0.2, 0.25) is 0 Å². The molecule has 3 atom stereocenters. The number of nitrogens with one attached hydrogen (secondary N) is 1. The number of rotatable bonds is 8. The molecule has 2 aromatic rings. The molecular formula is C22H30F3N3O. The van der Waals surface area contributed by atoms with Crippen LogP contribution >= 0.6 is 0 Å². The molecule has 160 valence electrons. The minimum Gasteiger partial charge on any atom is -0.349 e. The predicted octanol–water partition coefficient (Wildman–Crippen LogP) is 5.63. The van der Waals surface area contributed by atoms with Gasteiger partial charge in [-0.3, -0.25) is 9.48 Å². The number of hydrogen-bond donors (Lipinski definition) is 1. The van der Waals surface area contributed by atoms with Crippen molar-refractivity contribution < 1.29 is 18.0 Å². The Morgan fingerprint density at radius 1 is 1.10 bits per heavy atom. The number of carbonyl (C=O) groups excluding carboxylic acids is 1. The van der Waals surface area contributed by atoms with Crippen molar-refractivity contribution in [2.45, 2.75) is 72.1 Å². The van der Waals surface area contributed by atoms with E-state index in [9.17, 15) is 18.0 Å². The maximum absolute atomic E-state index is 12.8. The van der Waals surface area contributed by atoms with Crippen molar-refractivity contribution in [2.75, 3.05) is 0 Å². The molecule has 4 nitrogen and oxygen atoms in total. The highest BCUT2D eigenvalue weighted by atomic mass is 19.4. The fourth-order valence-electron chi connectivity index (χ4n) is 3.20. The Balaban J connectivity index is 2.04. The van der Waals surface area contributed by atoms with Gasteiger partial charge in [0.05, 0.1) is 18.5 Å². The molecule has 0 spiro atoms.